The molecule has 0 aromatic heterocycles. The lowest BCUT2D eigenvalue weighted by Crippen LogP contribution is -2.14. The number of hydrogen-bond donors (Lipinski definition) is 2. The van der Waals surface area contributed by atoms with Crippen LogP contribution in [0.1, 0.15) is 27.0 Å². The molecule has 2 aromatic carbocycles. The molecule has 0 atom stereocenters. The van der Waals surface area contributed by atoms with Gasteiger partial charge in [0.25, 0.3) is 5.91 Å². The average Bonchev–Trinajstić information content (AvgIpc) is 2.43. The lowest BCUT2D eigenvalue weighted by Gasteiger charge is -2.08. The summed E-state index contributed by atoms with van der Waals surface area (Å²) in [5.74, 6) is -0.175. The SMILES string of the molecule is Cc1ccc(NC(=O)c2cccc(C(N)=S)c2)cc1C. The van der Waals surface area contributed by atoms with Crippen molar-refractivity contribution >= 4 is 28.8 Å². The van der Waals surface area contributed by atoms with Gasteiger partial charge >= 0.3 is 0 Å². The highest BCUT2D eigenvalue weighted by molar-refractivity contribution is 7.80. The van der Waals surface area contributed by atoms with Crippen LogP contribution in [-0.2, 0) is 0 Å². The summed E-state index contributed by atoms with van der Waals surface area (Å²) in [6.45, 7) is 4.05. The highest BCUT2D eigenvalue weighted by atomic mass is 32.1. The number of nitrogens with one attached hydrogen (secondary N) is 1. The Morgan fingerprint density at radius 1 is 1.05 bits per heavy atom. The first-order valence-corrected chi connectivity index (χ1v) is 6.66. The molecule has 3 N–H and O–H groups in total. The Morgan fingerprint density at radius 2 is 1.75 bits per heavy atom. The summed E-state index contributed by atoms with van der Waals surface area (Å²) in [6.07, 6.45) is 0. The standard InChI is InChI=1S/C16H16N2OS/c1-10-6-7-14(8-11(10)2)18-16(19)13-5-3-4-12(9-13)15(17)20/h3-9H,1-2H3,(H2,17,20)(H,18,19). The predicted octanol–water partition coefficient (Wildman–Crippen LogP) is 3.19. The topological polar surface area (TPSA) is 55.1 Å². The maximum Gasteiger partial charge on any atom is 0.255 e. The van der Waals surface area contributed by atoms with Crippen LogP contribution in [0.3, 0.4) is 0 Å². The predicted molar refractivity (Wildman–Crippen MR) is 86.2 cm³/mol. The van der Waals surface area contributed by atoms with Crippen molar-refractivity contribution in [1.29, 1.82) is 0 Å². The number of anilines is 1. The minimum absolute atomic E-state index is 0.175. The Hall–Kier alpha value is -2.20. The molecule has 1 amide bonds. The summed E-state index contributed by atoms with van der Waals surface area (Å²) >= 11 is 4.92. The first-order chi connectivity index (χ1) is 9.47. The lowest BCUT2D eigenvalue weighted by molar-refractivity contribution is 0.102. The first kappa shape index (κ1) is 14.2. The van der Waals surface area contributed by atoms with Crippen LogP contribution in [0.2, 0.25) is 0 Å². The van der Waals surface area contributed by atoms with Crippen LogP contribution in [0.15, 0.2) is 42.5 Å². The second kappa shape index (κ2) is 5.84. The fraction of sp³-hybridized carbons (Fsp3) is 0.125. The third kappa shape index (κ3) is 3.22. The molecule has 3 nitrogen and oxygen atoms in total. The third-order valence-electron chi connectivity index (χ3n) is 3.17. The Kier molecular flexibility index (Phi) is 4.15. The molecule has 0 heterocycles. The van der Waals surface area contributed by atoms with Gasteiger partial charge in [-0.1, -0.05) is 30.4 Å². The molecule has 0 spiro atoms. The second-order valence-corrected chi connectivity index (χ2v) is 5.14. The van der Waals surface area contributed by atoms with Crippen molar-refractivity contribution < 1.29 is 4.79 Å². The van der Waals surface area contributed by atoms with E-state index >= 15 is 0 Å². The third-order valence-corrected chi connectivity index (χ3v) is 3.41. The van der Waals surface area contributed by atoms with Gasteiger partial charge in [-0.15, -0.1) is 0 Å². The van der Waals surface area contributed by atoms with Gasteiger partial charge in [0.05, 0.1) is 0 Å². The molecule has 2 aromatic rings. The monoisotopic (exact) mass is 284 g/mol. The molecule has 0 aliphatic rings. The van der Waals surface area contributed by atoms with E-state index < -0.39 is 0 Å². The van der Waals surface area contributed by atoms with Crippen molar-refractivity contribution in [2.45, 2.75) is 13.8 Å². The zero-order valence-corrected chi connectivity index (χ0v) is 12.3. The number of nitrogens with two attached hydrogens (primary N) is 1. The van der Waals surface area contributed by atoms with Gasteiger partial charge in [0.2, 0.25) is 0 Å². The van der Waals surface area contributed by atoms with Crippen molar-refractivity contribution in [3.05, 3.63) is 64.7 Å². The number of thiocarbonyl (C=S) groups is 1. The molecule has 0 unspecified atom stereocenters. The van der Waals surface area contributed by atoms with Gasteiger partial charge in [-0.3, -0.25) is 4.79 Å². The highest BCUT2D eigenvalue weighted by Gasteiger charge is 2.08. The molecule has 2 rings (SSSR count). The van der Waals surface area contributed by atoms with Crippen LogP contribution in [-0.4, -0.2) is 10.9 Å². The summed E-state index contributed by atoms with van der Waals surface area (Å²) in [5.41, 5.74) is 9.90. The van der Waals surface area contributed by atoms with Crippen LogP contribution >= 0.6 is 12.2 Å². The number of aryl methyl sites for hydroxylation is 2. The molecule has 102 valence electrons. The van der Waals surface area contributed by atoms with Gasteiger partial charge in [0.1, 0.15) is 4.99 Å². The van der Waals surface area contributed by atoms with Gasteiger partial charge in [-0.25, -0.2) is 0 Å². The van der Waals surface area contributed by atoms with Gasteiger partial charge in [0.15, 0.2) is 0 Å². The molecule has 0 saturated heterocycles. The van der Waals surface area contributed by atoms with Crippen LogP contribution in [0.5, 0.6) is 0 Å². The molecule has 0 aliphatic heterocycles. The summed E-state index contributed by atoms with van der Waals surface area (Å²) in [5, 5.41) is 2.87. The van der Waals surface area contributed by atoms with Crippen molar-refractivity contribution in [1.82, 2.24) is 0 Å². The van der Waals surface area contributed by atoms with Gasteiger partial charge in [-0.05, 0) is 49.2 Å². The Bertz CT molecular complexity index is 680. The van der Waals surface area contributed by atoms with Gasteiger partial charge < -0.3 is 11.1 Å². The maximum atomic E-state index is 12.2. The summed E-state index contributed by atoms with van der Waals surface area (Å²) in [6, 6.07) is 12.8. The maximum absolute atomic E-state index is 12.2. The molecule has 4 heteroatoms. The van der Waals surface area contributed by atoms with Crippen LogP contribution in [0.25, 0.3) is 0 Å². The molecular formula is C16H16N2OS. The zero-order chi connectivity index (χ0) is 14.7. The number of carbonyl (C=O) groups is 1. The van der Waals surface area contributed by atoms with E-state index in [0.29, 0.717) is 11.1 Å². The normalized spacial score (nSPS) is 10.1. The summed E-state index contributed by atoms with van der Waals surface area (Å²) in [4.78, 5) is 12.5. The van der Waals surface area contributed by atoms with E-state index in [1.165, 1.54) is 5.56 Å². The van der Waals surface area contributed by atoms with Crippen LogP contribution in [0.4, 0.5) is 5.69 Å². The number of carbonyl (C=O) groups excluding carboxylic acids is 1. The van der Waals surface area contributed by atoms with Crippen molar-refractivity contribution in [3.8, 4) is 0 Å². The van der Waals surface area contributed by atoms with E-state index in [1.807, 2.05) is 32.0 Å². The molecule has 0 radical (unpaired) electrons. The molecule has 20 heavy (non-hydrogen) atoms. The molecule has 0 bridgehead atoms. The molecule has 0 fully saturated rings. The largest absolute Gasteiger partial charge is 0.389 e. The number of amides is 1. The van der Waals surface area contributed by atoms with Crippen LogP contribution in [0, 0.1) is 13.8 Å². The number of rotatable bonds is 3. The Labute approximate surface area is 123 Å². The fourth-order valence-corrected chi connectivity index (χ4v) is 1.96. The molecule has 0 aliphatic carbocycles. The minimum Gasteiger partial charge on any atom is -0.389 e. The lowest BCUT2D eigenvalue weighted by atomic mass is 10.1. The summed E-state index contributed by atoms with van der Waals surface area (Å²) < 4.78 is 0. The highest BCUT2D eigenvalue weighted by Crippen LogP contribution is 2.15. The fourth-order valence-electron chi connectivity index (χ4n) is 1.84. The van der Waals surface area contributed by atoms with E-state index in [9.17, 15) is 4.79 Å². The van der Waals surface area contributed by atoms with Gasteiger partial charge in [0, 0.05) is 16.8 Å². The zero-order valence-electron chi connectivity index (χ0n) is 11.4. The van der Waals surface area contributed by atoms with Crippen molar-refractivity contribution in [2.75, 3.05) is 5.32 Å². The van der Waals surface area contributed by atoms with Crippen molar-refractivity contribution in [2.24, 2.45) is 5.73 Å². The van der Waals surface area contributed by atoms with E-state index in [1.54, 1.807) is 24.3 Å². The van der Waals surface area contributed by atoms with E-state index in [4.69, 9.17) is 18.0 Å². The first-order valence-electron chi connectivity index (χ1n) is 6.26. The van der Waals surface area contributed by atoms with E-state index in [-0.39, 0.29) is 10.9 Å². The number of benzene rings is 2. The van der Waals surface area contributed by atoms with Gasteiger partial charge in [-0.2, -0.15) is 0 Å². The Morgan fingerprint density at radius 3 is 2.40 bits per heavy atom. The molecular weight excluding hydrogens is 268 g/mol. The average molecular weight is 284 g/mol. The number of hydrogen-bond acceptors (Lipinski definition) is 2. The van der Waals surface area contributed by atoms with Crippen molar-refractivity contribution in [3.63, 3.8) is 0 Å². The van der Waals surface area contributed by atoms with Crippen LogP contribution < -0.4 is 11.1 Å². The second-order valence-electron chi connectivity index (χ2n) is 4.70. The Balaban J connectivity index is 2.21. The quantitative estimate of drug-likeness (QED) is 0.851. The summed E-state index contributed by atoms with van der Waals surface area (Å²) in [7, 11) is 0. The van der Waals surface area contributed by atoms with E-state index in [0.717, 1.165) is 11.3 Å². The van der Waals surface area contributed by atoms with E-state index in [2.05, 4.69) is 5.32 Å². The molecule has 0 saturated carbocycles. The minimum atomic E-state index is -0.175. The smallest absolute Gasteiger partial charge is 0.255 e.